The number of rotatable bonds is 11. The van der Waals surface area contributed by atoms with Crippen LogP contribution in [0.25, 0.3) is 0 Å². The molecule has 8 heteroatoms. The Hall–Kier alpha value is -1.21. The minimum Gasteiger partial charge on any atom is -0.354 e. The average Bonchev–Trinajstić information content (AvgIpc) is 2.75. The molecule has 0 aliphatic rings. The van der Waals surface area contributed by atoms with Gasteiger partial charge in [-0.25, -0.2) is 0 Å². The van der Waals surface area contributed by atoms with Crippen molar-refractivity contribution in [2.75, 3.05) is 12.3 Å². The fraction of sp³-hybridized carbons (Fsp3) is 0.391. The molecule has 0 unspecified atom stereocenters. The lowest BCUT2D eigenvalue weighted by Crippen LogP contribution is -2.48. The third-order valence-electron chi connectivity index (χ3n) is 4.80. The summed E-state index contributed by atoms with van der Waals surface area (Å²) in [6.07, 6.45) is 1.91. The average molecular weight is 546 g/mol. The van der Waals surface area contributed by atoms with Crippen LogP contribution in [0.2, 0.25) is 10.0 Å². The van der Waals surface area contributed by atoms with Crippen molar-refractivity contribution in [3.8, 4) is 0 Å². The molecule has 0 aliphatic heterocycles. The summed E-state index contributed by atoms with van der Waals surface area (Å²) in [5.74, 6) is 0.505. The van der Waals surface area contributed by atoms with E-state index in [1.165, 1.54) is 11.8 Å². The van der Waals surface area contributed by atoms with E-state index >= 15 is 0 Å². The van der Waals surface area contributed by atoms with Gasteiger partial charge in [0.15, 0.2) is 0 Å². The highest BCUT2D eigenvalue weighted by atomic mass is 79.9. The van der Waals surface area contributed by atoms with Crippen LogP contribution in [0.1, 0.15) is 37.8 Å². The highest BCUT2D eigenvalue weighted by Gasteiger charge is 2.26. The Bertz CT molecular complexity index is 860. The molecule has 31 heavy (non-hydrogen) atoms. The van der Waals surface area contributed by atoms with Gasteiger partial charge in [-0.05, 0) is 48.7 Å². The number of nitrogens with one attached hydrogen (secondary N) is 1. The summed E-state index contributed by atoms with van der Waals surface area (Å²) in [5, 5.41) is 4.10. The largest absolute Gasteiger partial charge is 0.354 e. The van der Waals surface area contributed by atoms with Gasteiger partial charge >= 0.3 is 0 Å². The second-order valence-corrected chi connectivity index (χ2v) is 9.88. The molecular weight excluding hydrogens is 519 g/mol. The molecular formula is C23H27BrCl2N2O2S. The van der Waals surface area contributed by atoms with Crippen LogP contribution in [0, 0.1) is 0 Å². The van der Waals surface area contributed by atoms with Crippen molar-refractivity contribution in [2.45, 2.75) is 45.0 Å². The van der Waals surface area contributed by atoms with E-state index in [0.717, 1.165) is 28.4 Å². The number of halogens is 3. The molecule has 4 nitrogen and oxygen atoms in total. The van der Waals surface area contributed by atoms with Gasteiger partial charge in [0.1, 0.15) is 6.04 Å². The second kappa shape index (κ2) is 13.4. The highest BCUT2D eigenvalue weighted by Crippen LogP contribution is 2.28. The summed E-state index contributed by atoms with van der Waals surface area (Å²) in [6, 6.07) is 12.5. The minimum absolute atomic E-state index is 0.103. The van der Waals surface area contributed by atoms with Crippen LogP contribution in [-0.2, 0) is 21.9 Å². The highest BCUT2D eigenvalue weighted by molar-refractivity contribution is 9.10. The molecule has 0 spiro atoms. The van der Waals surface area contributed by atoms with Gasteiger partial charge in [0, 0.05) is 33.4 Å². The summed E-state index contributed by atoms with van der Waals surface area (Å²) in [5.41, 5.74) is 1.78. The molecule has 2 amide bonds. The molecule has 0 aromatic heterocycles. The van der Waals surface area contributed by atoms with E-state index < -0.39 is 6.04 Å². The van der Waals surface area contributed by atoms with Crippen LogP contribution < -0.4 is 5.32 Å². The Kier molecular flexibility index (Phi) is 11.2. The Balaban J connectivity index is 2.07. The Morgan fingerprint density at radius 2 is 1.77 bits per heavy atom. The maximum absolute atomic E-state index is 13.1. The predicted molar refractivity (Wildman–Crippen MR) is 135 cm³/mol. The molecule has 1 N–H and O–H groups in total. The fourth-order valence-electron chi connectivity index (χ4n) is 2.90. The lowest BCUT2D eigenvalue weighted by atomic mass is 10.1. The van der Waals surface area contributed by atoms with Gasteiger partial charge in [-0.2, -0.15) is 0 Å². The number of thioether (sulfide) groups is 1. The molecule has 0 heterocycles. The van der Waals surface area contributed by atoms with Crippen molar-refractivity contribution in [3.05, 3.63) is 68.1 Å². The SMILES string of the molecule is CCCCNC(=O)[C@H](C)N(Cc1ccc(Br)cc1)C(=O)CSCc1c(Cl)cccc1Cl. The Labute approximate surface area is 207 Å². The summed E-state index contributed by atoms with van der Waals surface area (Å²) in [4.78, 5) is 27.4. The number of amides is 2. The quantitative estimate of drug-likeness (QED) is 0.336. The van der Waals surface area contributed by atoms with E-state index in [9.17, 15) is 9.59 Å². The number of carbonyl (C=O) groups excluding carboxylic acids is 2. The van der Waals surface area contributed by atoms with Crippen LogP contribution in [0.4, 0.5) is 0 Å². The van der Waals surface area contributed by atoms with Gasteiger partial charge in [0.05, 0.1) is 5.75 Å². The van der Waals surface area contributed by atoms with Crippen molar-refractivity contribution < 1.29 is 9.59 Å². The number of carbonyl (C=O) groups is 2. The van der Waals surface area contributed by atoms with Crippen molar-refractivity contribution in [1.29, 1.82) is 0 Å². The Morgan fingerprint density at radius 1 is 1.13 bits per heavy atom. The van der Waals surface area contributed by atoms with Crippen LogP contribution in [0.15, 0.2) is 46.9 Å². The first-order valence-corrected chi connectivity index (χ1v) is 12.9. The molecule has 168 valence electrons. The van der Waals surface area contributed by atoms with Gasteiger partial charge in [-0.15, -0.1) is 11.8 Å². The maximum Gasteiger partial charge on any atom is 0.242 e. The summed E-state index contributed by atoms with van der Waals surface area (Å²) >= 11 is 17.3. The third-order valence-corrected chi connectivity index (χ3v) is 6.98. The first-order chi connectivity index (χ1) is 14.8. The molecule has 0 saturated heterocycles. The van der Waals surface area contributed by atoms with E-state index in [0.29, 0.717) is 28.9 Å². The molecule has 0 saturated carbocycles. The van der Waals surface area contributed by atoms with Crippen LogP contribution >= 0.6 is 50.9 Å². The monoisotopic (exact) mass is 544 g/mol. The van der Waals surface area contributed by atoms with E-state index in [4.69, 9.17) is 23.2 Å². The van der Waals surface area contributed by atoms with Crippen molar-refractivity contribution in [3.63, 3.8) is 0 Å². The van der Waals surface area contributed by atoms with E-state index in [2.05, 4.69) is 28.2 Å². The summed E-state index contributed by atoms with van der Waals surface area (Å²) in [6.45, 7) is 4.82. The first kappa shape index (κ1) is 26.0. The lowest BCUT2D eigenvalue weighted by Gasteiger charge is -2.29. The summed E-state index contributed by atoms with van der Waals surface area (Å²) < 4.78 is 0.964. The molecule has 2 aromatic rings. The summed E-state index contributed by atoms with van der Waals surface area (Å²) in [7, 11) is 0. The molecule has 0 bridgehead atoms. The second-order valence-electron chi connectivity index (χ2n) is 7.16. The molecule has 0 radical (unpaired) electrons. The number of hydrogen-bond donors (Lipinski definition) is 1. The van der Waals surface area contributed by atoms with Crippen LogP contribution in [-0.4, -0.2) is 35.1 Å². The molecule has 2 aromatic carbocycles. The van der Waals surface area contributed by atoms with E-state index in [-0.39, 0.29) is 17.6 Å². The number of benzene rings is 2. The normalized spacial score (nSPS) is 11.8. The number of unbranched alkanes of at least 4 members (excludes halogenated alkanes) is 1. The lowest BCUT2D eigenvalue weighted by molar-refractivity contribution is -0.138. The topological polar surface area (TPSA) is 49.4 Å². The predicted octanol–water partition coefficient (Wildman–Crippen LogP) is 6.32. The van der Waals surface area contributed by atoms with Gasteiger partial charge in [0.2, 0.25) is 11.8 Å². The Morgan fingerprint density at radius 3 is 2.39 bits per heavy atom. The first-order valence-electron chi connectivity index (χ1n) is 10.2. The van der Waals surface area contributed by atoms with Crippen LogP contribution in [0.3, 0.4) is 0 Å². The fourth-order valence-corrected chi connectivity index (χ4v) is 4.81. The van der Waals surface area contributed by atoms with Gasteiger partial charge < -0.3 is 10.2 Å². The van der Waals surface area contributed by atoms with Gasteiger partial charge in [-0.3, -0.25) is 9.59 Å². The van der Waals surface area contributed by atoms with E-state index in [1.807, 2.05) is 24.3 Å². The van der Waals surface area contributed by atoms with Crippen molar-refractivity contribution in [2.24, 2.45) is 0 Å². The third kappa shape index (κ3) is 8.33. The maximum atomic E-state index is 13.1. The minimum atomic E-state index is -0.572. The molecule has 0 fully saturated rings. The standard InChI is InChI=1S/C23H27BrCl2N2O2S/c1-3-4-12-27-23(30)16(2)28(13-17-8-10-18(24)11-9-17)22(29)15-31-14-19-20(25)6-5-7-21(19)26/h5-11,16H,3-4,12-15H2,1-2H3,(H,27,30)/t16-/m0/s1. The van der Waals surface area contributed by atoms with Gasteiger partial charge in [0.25, 0.3) is 0 Å². The zero-order valence-corrected chi connectivity index (χ0v) is 21.6. The zero-order chi connectivity index (χ0) is 22.8. The van der Waals surface area contributed by atoms with Gasteiger partial charge in [-0.1, -0.05) is 70.7 Å². The van der Waals surface area contributed by atoms with E-state index in [1.54, 1.807) is 30.0 Å². The number of hydrogen-bond acceptors (Lipinski definition) is 3. The zero-order valence-electron chi connectivity index (χ0n) is 17.7. The molecule has 0 aliphatic carbocycles. The van der Waals surface area contributed by atoms with Crippen LogP contribution in [0.5, 0.6) is 0 Å². The van der Waals surface area contributed by atoms with Crippen molar-refractivity contribution in [1.82, 2.24) is 10.2 Å². The smallest absolute Gasteiger partial charge is 0.242 e. The number of nitrogens with zero attached hydrogens (tertiary/aromatic N) is 1. The molecule has 1 atom stereocenters. The molecule has 2 rings (SSSR count). The van der Waals surface area contributed by atoms with Crippen molar-refractivity contribution >= 4 is 62.7 Å².